The first-order valence-electron chi connectivity index (χ1n) is 8.78. The van der Waals surface area contributed by atoms with Gasteiger partial charge < -0.3 is 5.32 Å². The van der Waals surface area contributed by atoms with E-state index < -0.39 is 0 Å². The molecule has 0 bridgehead atoms. The van der Waals surface area contributed by atoms with Gasteiger partial charge in [0, 0.05) is 11.8 Å². The van der Waals surface area contributed by atoms with E-state index in [2.05, 4.69) is 34.5 Å². The van der Waals surface area contributed by atoms with Gasteiger partial charge in [0.25, 0.3) is 0 Å². The van der Waals surface area contributed by atoms with Crippen LogP contribution in [0.3, 0.4) is 0 Å². The number of para-hydroxylation sites is 1. The smallest absolute Gasteiger partial charge is 0.228 e. The molecule has 0 aliphatic heterocycles. The van der Waals surface area contributed by atoms with Crippen LogP contribution in [0.15, 0.2) is 53.5 Å². The van der Waals surface area contributed by atoms with Crippen LogP contribution >= 0.6 is 11.3 Å². The number of thiazole rings is 1. The molecule has 0 fully saturated rings. The molecule has 1 N–H and O–H groups in total. The van der Waals surface area contributed by atoms with Gasteiger partial charge in [-0.25, -0.2) is 4.98 Å². The Labute approximate surface area is 159 Å². The minimum absolute atomic E-state index is 0.118. The number of aromatic nitrogens is 3. The molecular weight excluding hydrogens is 360 g/mol. The van der Waals surface area contributed by atoms with E-state index in [1.807, 2.05) is 24.3 Å². The van der Waals surface area contributed by atoms with E-state index in [9.17, 15) is 9.59 Å². The van der Waals surface area contributed by atoms with E-state index in [4.69, 9.17) is 0 Å². The first-order chi connectivity index (χ1) is 13.1. The summed E-state index contributed by atoms with van der Waals surface area (Å²) in [6.07, 6.45) is 2.50. The fourth-order valence-electron chi connectivity index (χ4n) is 2.97. The number of anilines is 1. The number of carbonyl (C=O) groups is 1. The highest BCUT2D eigenvalue weighted by molar-refractivity contribution is 7.22. The van der Waals surface area contributed by atoms with Crippen molar-refractivity contribution in [3.63, 3.8) is 0 Å². The zero-order valence-electron chi connectivity index (χ0n) is 14.8. The van der Waals surface area contributed by atoms with Crippen LogP contribution in [0, 0.1) is 0 Å². The number of nitrogens with zero attached hydrogens (tertiary/aromatic N) is 3. The SMILES string of the molecule is CCc1ccc2nc(NC(=O)CCn3ncc(=O)c4ccccc43)sc2c1. The molecule has 27 heavy (non-hydrogen) atoms. The number of carbonyl (C=O) groups excluding carboxylic acids is 1. The van der Waals surface area contributed by atoms with Crippen molar-refractivity contribution in [1.29, 1.82) is 0 Å². The number of aryl methyl sites for hydroxylation is 2. The van der Waals surface area contributed by atoms with E-state index in [1.165, 1.54) is 23.1 Å². The monoisotopic (exact) mass is 378 g/mol. The molecule has 2 heterocycles. The van der Waals surface area contributed by atoms with Crippen LogP contribution in [0.1, 0.15) is 18.9 Å². The van der Waals surface area contributed by atoms with Gasteiger partial charge in [0.2, 0.25) is 11.3 Å². The highest BCUT2D eigenvalue weighted by Gasteiger charge is 2.10. The highest BCUT2D eigenvalue weighted by Crippen LogP contribution is 2.27. The van der Waals surface area contributed by atoms with Gasteiger partial charge in [-0.1, -0.05) is 36.5 Å². The van der Waals surface area contributed by atoms with Gasteiger partial charge in [-0.2, -0.15) is 5.10 Å². The summed E-state index contributed by atoms with van der Waals surface area (Å²) in [4.78, 5) is 28.7. The summed E-state index contributed by atoms with van der Waals surface area (Å²) in [7, 11) is 0. The molecule has 0 radical (unpaired) electrons. The molecule has 4 rings (SSSR count). The first-order valence-corrected chi connectivity index (χ1v) is 9.60. The second-order valence-electron chi connectivity index (χ2n) is 6.22. The second-order valence-corrected chi connectivity index (χ2v) is 7.25. The number of amides is 1. The lowest BCUT2D eigenvalue weighted by atomic mass is 10.2. The number of nitrogens with one attached hydrogen (secondary N) is 1. The fourth-order valence-corrected chi connectivity index (χ4v) is 3.92. The summed E-state index contributed by atoms with van der Waals surface area (Å²) in [5.74, 6) is -0.130. The van der Waals surface area contributed by atoms with Gasteiger partial charge in [-0.15, -0.1) is 0 Å². The molecule has 2 aromatic carbocycles. The molecule has 7 heteroatoms. The molecule has 136 valence electrons. The largest absolute Gasteiger partial charge is 0.302 e. The fraction of sp³-hybridized carbons (Fsp3) is 0.200. The molecule has 6 nitrogen and oxygen atoms in total. The van der Waals surface area contributed by atoms with Gasteiger partial charge in [0.15, 0.2) is 5.13 Å². The Kier molecular flexibility index (Phi) is 4.68. The number of fused-ring (bicyclic) bond motifs is 2. The van der Waals surface area contributed by atoms with Crippen LogP contribution in [0.2, 0.25) is 0 Å². The van der Waals surface area contributed by atoms with Gasteiger partial charge >= 0.3 is 0 Å². The van der Waals surface area contributed by atoms with Crippen molar-refractivity contribution in [2.45, 2.75) is 26.3 Å². The minimum atomic E-state index is -0.130. The minimum Gasteiger partial charge on any atom is -0.302 e. The average molecular weight is 378 g/mol. The maximum absolute atomic E-state index is 12.3. The number of rotatable bonds is 5. The van der Waals surface area contributed by atoms with Crippen molar-refractivity contribution in [1.82, 2.24) is 14.8 Å². The van der Waals surface area contributed by atoms with E-state index in [1.54, 1.807) is 10.7 Å². The normalized spacial score (nSPS) is 11.1. The third kappa shape index (κ3) is 3.59. The van der Waals surface area contributed by atoms with Crippen molar-refractivity contribution in [2.75, 3.05) is 5.32 Å². The Morgan fingerprint density at radius 1 is 1.22 bits per heavy atom. The first kappa shape index (κ1) is 17.4. The van der Waals surface area contributed by atoms with Crippen molar-refractivity contribution in [2.24, 2.45) is 0 Å². The van der Waals surface area contributed by atoms with Crippen molar-refractivity contribution in [3.8, 4) is 0 Å². The van der Waals surface area contributed by atoms with E-state index in [0.717, 1.165) is 22.2 Å². The topological polar surface area (TPSA) is 76.9 Å². The summed E-state index contributed by atoms with van der Waals surface area (Å²) < 4.78 is 2.75. The predicted octanol–water partition coefficient (Wildman–Crippen LogP) is 3.60. The lowest BCUT2D eigenvalue weighted by molar-refractivity contribution is -0.116. The second kappa shape index (κ2) is 7.28. The molecule has 0 unspecified atom stereocenters. The third-order valence-corrected chi connectivity index (χ3v) is 5.35. The van der Waals surface area contributed by atoms with Crippen LogP contribution in [0.25, 0.3) is 21.1 Å². The molecule has 0 aliphatic rings. The Morgan fingerprint density at radius 2 is 2.07 bits per heavy atom. The maximum Gasteiger partial charge on any atom is 0.228 e. The number of hydrogen-bond donors (Lipinski definition) is 1. The molecule has 1 amide bonds. The molecule has 4 aromatic rings. The van der Waals surface area contributed by atoms with Crippen molar-refractivity contribution in [3.05, 3.63) is 64.4 Å². The maximum atomic E-state index is 12.3. The van der Waals surface area contributed by atoms with Crippen LogP contribution in [0.4, 0.5) is 5.13 Å². The Bertz CT molecular complexity index is 1200. The van der Waals surface area contributed by atoms with Gasteiger partial charge in [-0.3, -0.25) is 14.3 Å². The Hall–Kier alpha value is -3.06. The van der Waals surface area contributed by atoms with Crippen molar-refractivity contribution < 1.29 is 4.79 Å². The predicted molar refractivity (Wildman–Crippen MR) is 108 cm³/mol. The molecule has 0 atom stereocenters. The number of benzene rings is 2. The van der Waals surface area contributed by atoms with Gasteiger partial charge in [0.1, 0.15) is 0 Å². The number of hydrogen-bond acceptors (Lipinski definition) is 5. The molecule has 0 saturated heterocycles. The van der Waals surface area contributed by atoms with E-state index in [-0.39, 0.29) is 17.8 Å². The third-order valence-electron chi connectivity index (χ3n) is 4.42. The molecule has 0 saturated carbocycles. The summed E-state index contributed by atoms with van der Waals surface area (Å²) in [6, 6.07) is 13.4. The van der Waals surface area contributed by atoms with Crippen LogP contribution in [0.5, 0.6) is 0 Å². The standard InChI is InChI=1S/C20H18N4O2S/c1-2-13-7-8-15-18(11-13)27-20(22-15)23-19(26)9-10-24-16-6-4-3-5-14(16)17(25)12-21-24/h3-8,11-12H,2,9-10H2,1H3,(H,22,23,26). The summed E-state index contributed by atoms with van der Waals surface area (Å²) in [6.45, 7) is 2.50. The van der Waals surface area contributed by atoms with Crippen molar-refractivity contribution >= 4 is 43.5 Å². The summed E-state index contributed by atoms with van der Waals surface area (Å²) in [5.41, 5.74) is 2.75. The summed E-state index contributed by atoms with van der Waals surface area (Å²) >= 11 is 1.47. The molecule has 0 aliphatic carbocycles. The van der Waals surface area contributed by atoms with Gasteiger partial charge in [-0.05, 0) is 36.2 Å². The molecular formula is C20H18N4O2S. The lowest BCUT2D eigenvalue weighted by Crippen LogP contribution is -2.17. The summed E-state index contributed by atoms with van der Waals surface area (Å²) in [5, 5.41) is 8.22. The van der Waals surface area contributed by atoms with Crippen LogP contribution < -0.4 is 10.7 Å². The van der Waals surface area contributed by atoms with Crippen LogP contribution in [-0.2, 0) is 17.8 Å². The Morgan fingerprint density at radius 3 is 2.93 bits per heavy atom. The quantitative estimate of drug-likeness (QED) is 0.576. The zero-order valence-corrected chi connectivity index (χ0v) is 15.6. The molecule has 2 aromatic heterocycles. The lowest BCUT2D eigenvalue weighted by Gasteiger charge is -2.08. The Balaban J connectivity index is 1.47. The van der Waals surface area contributed by atoms with E-state index >= 15 is 0 Å². The highest BCUT2D eigenvalue weighted by atomic mass is 32.1. The van der Waals surface area contributed by atoms with Crippen LogP contribution in [-0.4, -0.2) is 20.7 Å². The van der Waals surface area contributed by atoms with E-state index in [0.29, 0.717) is 17.1 Å². The average Bonchev–Trinajstić information content (AvgIpc) is 3.08. The molecule has 0 spiro atoms. The zero-order chi connectivity index (χ0) is 18.8. The van der Waals surface area contributed by atoms with Gasteiger partial charge in [0.05, 0.1) is 28.5 Å².